The van der Waals surface area contributed by atoms with E-state index in [2.05, 4.69) is 15.9 Å². The number of thiophene rings is 1. The van der Waals surface area contributed by atoms with Crippen LogP contribution in [0.1, 0.15) is 9.75 Å². The SMILES string of the molecule is Cc1cc(Br)c(CC(O)C(F)(F)F)s1. The number of hydrogen-bond donors (Lipinski definition) is 1. The number of aliphatic hydroxyl groups excluding tert-OH is 1. The summed E-state index contributed by atoms with van der Waals surface area (Å²) in [6, 6.07) is 1.74. The zero-order valence-electron chi connectivity index (χ0n) is 7.23. The minimum Gasteiger partial charge on any atom is -0.383 e. The zero-order valence-corrected chi connectivity index (χ0v) is 9.63. The van der Waals surface area contributed by atoms with Crippen LogP contribution in [0.25, 0.3) is 0 Å². The molecule has 1 unspecified atom stereocenters. The number of rotatable bonds is 2. The highest BCUT2D eigenvalue weighted by molar-refractivity contribution is 9.10. The summed E-state index contributed by atoms with van der Waals surface area (Å²) in [5.74, 6) is 0. The van der Waals surface area contributed by atoms with Gasteiger partial charge in [-0.05, 0) is 28.9 Å². The Balaban J connectivity index is 2.74. The van der Waals surface area contributed by atoms with E-state index in [9.17, 15) is 13.2 Å². The third kappa shape index (κ3) is 2.96. The van der Waals surface area contributed by atoms with Crippen molar-refractivity contribution in [2.75, 3.05) is 0 Å². The minimum atomic E-state index is -4.54. The molecule has 0 radical (unpaired) electrons. The molecule has 6 heteroatoms. The van der Waals surface area contributed by atoms with Gasteiger partial charge >= 0.3 is 6.18 Å². The Bertz CT molecular complexity index is 321. The van der Waals surface area contributed by atoms with Crippen LogP contribution in [0, 0.1) is 6.92 Å². The monoisotopic (exact) mass is 288 g/mol. The zero-order chi connectivity index (χ0) is 10.9. The highest BCUT2D eigenvalue weighted by atomic mass is 79.9. The molecular formula is C8H8BrF3OS. The molecule has 1 atom stereocenters. The summed E-state index contributed by atoms with van der Waals surface area (Å²) in [7, 11) is 0. The van der Waals surface area contributed by atoms with Crippen LogP contribution in [0.15, 0.2) is 10.5 Å². The van der Waals surface area contributed by atoms with Gasteiger partial charge in [-0.2, -0.15) is 13.2 Å². The number of aryl methyl sites for hydroxylation is 1. The van der Waals surface area contributed by atoms with E-state index in [0.717, 1.165) is 4.88 Å². The highest BCUT2D eigenvalue weighted by Crippen LogP contribution is 2.31. The summed E-state index contributed by atoms with van der Waals surface area (Å²) in [6.07, 6.45) is -7.21. The van der Waals surface area contributed by atoms with Gasteiger partial charge in [0.05, 0.1) is 0 Å². The number of alkyl halides is 3. The Kier molecular flexibility index (Phi) is 3.60. The topological polar surface area (TPSA) is 20.2 Å². The van der Waals surface area contributed by atoms with Crippen molar-refractivity contribution in [2.24, 2.45) is 0 Å². The summed E-state index contributed by atoms with van der Waals surface area (Å²) in [4.78, 5) is 1.44. The smallest absolute Gasteiger partial charge is 0.383 e. The summed E-state index contributed by atoms with van der Waals surface area (Å²) >= 11 is 4.40. The fourth-order valence-corrected chi connectivity index (χ4v) is 2.82. The van der Waals surface area contributed by atoms with Gasteiger partial charge in [0.15, 0.2) is 6.10 Å². The second-order valence-corrected chi connectivity index (χ2v) is 5.08. The van der Waals surface area contributed by atoms with Crippen molar-refractivity contribution >= 4 is 27.3 Å². The molecule has 0 aliphatic carbocycles. The van der Waals surface area contributed by atoms with Gasteiger partial charge in [0, 0.05) is 20.6 Å². The summed E-state index contributed by atoms with van der Waals surface area (Å²) in [6.45, 7) is 1.80. The van der Waals surface area contributed by atoms with Gasteiger partial charge in [-0.15, -0.1) is 11.3 Å². The molecule has 1 aromatic rings. The van der Waals surface area contributed by atoms with Crippen LogP contribution in [0.4, 0.5) is 13.2 Å². The van der Waals surface area contributed by atoms with Crippen LogP contribution in [-0.2, 0) is 6.42 Å². The van der Waals surface area contributed by atoms with E-state index in [-0.39, 0.29) is 6.42 Å². The first-order chi connectivity index (χ1) is 6.30. The Morgan fingerprint density at radius 1 is 1.57 bits per heavy atom. The third-order valence-corrected chi connectivity index (χ3v) is 3.68. The van der Waals surface area contributed by atoms with Crippen molar-refractivity contribution in [2.45, 2.75) is 25.6 Å². The Labute approximate surface area is 91.7 Å². The molecule has 0 fully saturated rings. The van der Waals surface area contributed by atoms with Crippen molar-refractivity contribution in [1.82, 2.24) is 0 Å². The van der Waals surface area contributed by atoms with Gasteiger partial charge in [0.2, 0.25) is 0 Å². The summed E-state index contributed by atoms with van der Waals surface area (Å²) < 4.78 is 36.7. The fraction of sp³-hybridized carbons (Fsp3) is 0.500. The van der Waals surface area contributed by atoms with Gasteiger partial charge < -0.3 is 5.11 Å². The largest absolute Gasteiger partial charge is 0.414 e. The lowest BCUT2D eigenvalue weighted by molar-refractivity contribution is -0.202. The molecule has 0 saturated carbocycles. The maximum atomic E-state index is 12.0. The maximum absolute atomic E-state index is 12.0. The second-order valence-electron chi connectivity index (χ2n) is 2.89. The maximum Gasteiger partial charge on any atom is 0.414 e. The van der Waals surface area contributed by atoms with E-state index in [1.165, 1.54) is 11.3 Å². The van der Waals surface area contributed by atoms with E-state index in [1.54, 1.807) is 13.0 Å². The van der Waals surface area contributed by atoms with Crippen molar-refractivity contribution in [3.05, 3.63) is 20.3 Å². The van der Waals surface area contributed by atoms with E-state index in [0.29, 0.717) is 9.35 Å². The lowest BCUT2D eigenvalue weighted by atomic mass is 10.2. The molecule has 0 spiro atoms. The molecular weight excluding hydrogens is 281 g/mol. The van der Waals surface area contributed by atoms with Crippen molar-refractivity contribution < 1.29 is 18.3 Å². The predicted molar refractivity (Wildman–Crippen MR) is 52.5 cm³/mol. The van der Waals surface area contributed by atoms with Gasteiger partial charge in [0.25, 0.3) is 0 Å². The first kappa shape index (κ1) is 12.0. The van der Waals surface area contributed by atoms with E-state index in [4.69, 9.17) is 5.11 Å². The minimum absolute atomic E-state index is 0.386. The van der Waals surface area contributed by atoms with Crippen LogP contribution in [-0.4, -0.2) is 17.4 Å². The third-order valence-electron chi connectivity index (χ3n) is 1.64. The molecule has 0 aliphatic heterocycles. The fourth-order valence-electron chi connectivity index (χ4n) is 0.962. The summed E-state index contributed by atoms with van der Waals surface area (Å²) in [5.41, 5.74) is 0. The van der Waals surface area contributed by atoms with Gasteiger partial charge in [-0.25, -0.2) is 0 Å². The molecule has 0 amide bonds. The van der Waals surface area contributed by atoms with Gasteiger partial charge in [-0.1, -0.05) is 0 Å². The Morgan fingerprint density at radius 3 is 2.50 bits per heavy atom. The van der Waals surface area contributed by atoms with Gasteiger partial charge in [-0.3, -0.25) is 0 Å². The average molecular weight is 289 g/mol. The van der Waals surface area contributed by atoms with Crippen LogP contribution in [0.2, 0.25) is 0 Å². The summed E-state index contributed by atoms with van der Waals surface area (Å²) in [5, 5.41) is 8.83. The number of aliphatic hydroxyl groups is 1. The van der Waals surface area contributed by atoms with Gasteiger partial charge in [0.1, 0.15) is 0 Å². The lowest BCUT2D eigenvalue weighted by Crippen LogP contribution is -2.30. The quantitative estimate of drug-likeness (QED) is 0.885. The van der Waals surface area contributed by atoms with E-state index in [1.807, 2.05) is 0 Å². The molecule has 80 valence electrons. The van der Waals surface area contributed by atoms with Crippen molar-refractivity contribution in [1.29, 1.82) is 0 Å². The first-order valence-corrected chi connectivity index (χ1v) is 5.41. The van der Waals surface area contributed by atoms with Crippen LogP contribution < -0.4 is 0 Å². The van der Waals surface area contributed by atoms with Crippen LogP contribution in [0.5, 0.6) is 0 Å². The first-order valence-electron chi connectivity index (χ1n) is 3.80. The van der Waals surface area contributed by atoms with Crippen LogP contribution >= 0.6 is 27.3 Å². The molecule has 0 bridgehead atoms. The lowest BCUT2D eigenvalue weighted by Gasteiger charge is -2.13. The molecule has 1 heterocycles. The molecule has 1 aromatic heterocycles. The van der Waals surface area contributed by atoms with Crippen molar-refractivity contribution in [3.8, 4) is 0 Å². The second kappa shape index (κ2) is 4.20. The number of halogens is 4. The molecule has 1 N–H and O–H groups in total. The van der Waals surface area contributed by atoms with Crippen molar-refractivity contribution in [3.63, 3.8) is 0 Å². The normalized spacial score (nSPS) is 14.4. The average Bonchev–Trinajstić information content (AvgIpc) is 2.28. The standard InChI is InChI=1S/C8H8BrF3OS/c1-4-2-5(9)6(14-4)3-7(13)8(10,11)12/h2,7,13H,3H2,1H3. The predicted octanol–water partition coefficient (Wildman–Crippen LogP) is 3.28. The molecule has 1 rings (SSSR count). The Morgan fingerprint density at radius 2 is 2.14 bits per heavy atom. The molecule has 1 nitrogen and oxygen atoms in total. The Hall–Kier alpha value is -0.0700. The number of hydrogen-bond acceptors (Lipinski definition) is 2. The molecule has 0 aliphatic rings. The van der Waals surface area contributed by atoms with Crippen LogP contribution in [0.3, 0.4) is 0 Å². The van der Waals surface area contributed by atoms with E-state index < -0.39 is 12.3 Å². The molecule has 0 aromatic carbocycles. The van der Waals surface area contributed by atoms with E-state index >= 15 is 0 Å². The molecule has 0 saturated heterocycles. The highest BCUT2D eigenvalue weighted by Gasteiger charge is 2.38. The molecule has 14 heavy (non-hydrogen) atoms.